The smallest absolute Gasteiger partial charge is 0.230 e. The highest BCUT2D eigenvalue weighted by Crippen LogP contribution is 2.12. The van der Waals surface area contributed by atoms with Crippen LogP contribution in [0.5, 0.6) is 0 Å². The molecule has 1 amide bonds. The molecule has 0 aromatic carbocycles. The van der Waals surface area contributed by atoms with Gasteiger partial charge in [-0.2, -0.15) is 11.8 Å². The van der Waals surface area contributed by atoms with E-state index in [2.05, 4.69) is 14.9 Å². The van der Waals surface area contributed by atoms with Crippen molar-refractivity contribution in [1.29, 1.82) is 0 Å². The van der Waals surface area contributed by atoms with Crippen LogP contribution in [0.25, 0.3) is 0 Å². The Bertz CT molecular complexity index is 350. The van der Waals surface area contributed by atoms with Crippen LogP contribution in [0.15, 0.2) is 12.4 Å². The molecule has 0 saturated carbocycles. The van der Waals surface area contributed by atoms with Crippen molar-refractivity contribution in [1.82, 2.24) is 14.9 Å². The number of imidazole rings is 1. The molecule has 0 unspecified atom stereocenters. The average Bonchev–Trinajstić information content (AvgIpc) is 2.65. The Hall–Kier alpha value is -0.970. The fraction of sp³-hybridized carbons (Fsp3) is 0.600. The van der Waals surface area contributed by atoms with Gasteiger partial charge >= 0.3 is 0 Å². The number of rotatable bonds is 3. The number of carbonyl (C=O) groups is 1. The van der Waals surface area contributed by atoms with E-state index in [9.17, 15) is 4.79 Å². The fourth-order valence-electron chi connectivity index (χ4n) is 1.88. The van der Waals surface area contributed by atoms with E-state index in [0.717, 1.165) is 25.2 Å². The SMILES string of the molecule is CSCC(=O)N[C@@H]1CCc2nccn2C1. The molecule has 5 heteroatoms. The minimum Gasteiger partial charge on any atom is -0.351 e. The largest absolute Gasteiger partial charge is 0.351 e. The lowest BCUT2D eigenvalue weighted by molar-refractivity contribution is -0.119. The summed E-state index contributed by atoms with van der Waals surface area (Å²) in [4.78, 5) is 15.7. The number of thioether (sulfide) groups is 1. The van der Waals surface area contributed by atoms with Gasteiger partial charge < -0.3 is 9.88 Å². The molecule has 0 aliphatic carbocycles. The van der Waals surface area contributed by atoms with Gasteiger partial charge in [0.2, 0.25) is 5.91 Å². The summed E-state index contributed by atoms with van der Waals surface area (Å²) in [5, 5.41) is 3.04. The first-order chi connectivity index (χ1) is 7.29. The number of nitrogens with one attached hydrogen (secondary N) is 1. The van der Waals surface area contributed by atoms with Crippen LogP contribution in [0.2, 0.25) is 0 Å². The molecule has 82 valence electrons. The maximum absolute atomic E-state index is 11.4. The van der Waals surface area contributed by atoms with E-state index in [4.69, 9.17) is 0 Å². The first-order valence-corrected chi connectivity index (χ1v) is 6.47. The zero-order chi connectivity index (χ0) is 10.7. The van der Waals surface area contributed by atoms with Crippen molar-refractivity contribution in [2.45, 2.75) is 25.4 Å². The van der Waals surface area contributed by atoms with E-state index in [1.165, 1.54) is 0 Å². The second kappa shape index (κ2) is 4.70. The van der Waals surface area contributed by atoms with E-state index in [1.54, 1.807) is 11.8 Å². The summed E-state index contributed by atoms with van der Waals surface area (Å²) < 4.78 is 2.12. The summed E-state index contributed by atoms with van der Waals surface area (Å²) in [6.45, 7) is 0.857. The first kappa shape index (κ1) is 10.5. The van der Waals surface area contributed by atoms with Crippen LogP contribution in [0.3, 0.4) is 0 Å². The summed E-state index contributed by atoms with van der Waals surface area (Å²) in [6.07, 6.45) is 7.69. The van der Waals surface area contributed by atoms with Gasteiger partial charge in [0.15, 0.2) is 0 Å². The Morgan fingerprint density at radius 1 is 1.80 bits per heavy atom. The Morgan fingerprint density at radius 3 is 3.47 bits per heavy atom. The third-order valence-corrected chi connectivity index (χ3v) is 3.13. The van der Waals surface area contributed by atoms with E-state index < -0.39 is 0 Å². The quantitative estimate of drug-likeness (QED) is 0.823. The third-order valence-electron chi connectivity index (χ3n) is 2.58. The summed E-state index contributed by atoms with van der Waals surface area (Å²) in [5.74, 6) is 1.81. The number of aromatic nitrogens is 2. The molecular weight excluding hydrogens is 210 g/mol. The molecule has 4 nitrogen and oxygen atoms in total. The van der Waals surface area contributed by atoms with Gasteiger partial charge in [0, 0.05) is 31.4 Å². The highest BCUT2D eigenvalue weighted by Gasteiger charge is 2.19. The van der Waals surface area contributed by atoms with Crippen molar-refractivity contribution in [2.24, 2.45) is 0 Å². The van der Waals surface area contributed by atoms with Gasteiger partial charge in [-0.1, -0.05) is 0 Å². The summed E-state index contributed by atoms with van der Waals surface area (Å²) >= 11 is 1.55. The molecule has 2 heterocycles. The van der Waals surface area contributed by atoms with Crippen molar-refractivity contribution in [2.75, 3.05) is 12.0 Å². The molecule has 0 bridgehead atoms. The topological polar surface area (TPSA) is 46.9 Å². The summed E-state index contributed by atoms with van der Waals surface area (Å²) in [7, 11) is 0. The van der Waals surface area contributed by atoms with Crippen LogP contribution in [-0.4, -0.2) is 33.5 Å². The minimum absolute atomic E-state index is 0.135. The van der Waals surface area contributed by atoms with Crippen LogP contribution >= 0.6 is 11.8 Å². The lowest BCUT2D eigenvalue weighted by Gasteiger charge is -2.24. The second-order valence-electron chi connectivity index (χ2n) is 3.73. The first-order valence-electron chi connectivity index (χ1n) is 5.08. The zero-order valence-electron chi connectivity index (χ0n) is 8.77. The molecule has 1 aromatic rings. The van der Waals surface area contributed by atoms with E-state index in [1.807, 2.05) is 18.6 Å². The van der Waals surface area contributed by atoms with Gasteiger partial charge in [-0.3, -0.25) is 4.79 Å². The molecule has 0 saturated heterocycles. The number of hydrogen-bond acceptors (Lipinski definition) is 3. The Morgan fingerprint density at radius 2 is 2.67 bits per heavy atom. The molecule has 1 aromatic heterocycles. The molecule has 2 rings (SSSR count). The minimum atomic E-state index is 0.135. The fourth-order valence-corrected chi connectivity index (χ4v) is 2.23. The number of amides is 1. The van der Waals surface area contributed by atoms with Crippen LogP contribution in [-0.2, 0) is 17.8 Å². The zero-order valence-corrected chi connectivity index (χ0v) is 9.59. The maximum Gasteiger partial charge on any atom is 0.230 e. The van der Waals surface area contributed by atoms with E-state index in [0.29, 0.717) is 5.75 Å². The van der Waals surface area contributed by atoms with Crippen LogP contribution in [0, 0.1) is 0 Å². The van der Waals surface area contributed by atoms with Crippen LogP contribution in [0.4, 0.5) is 0 Å². The Kier molecular flexibility index (Phi) is 3.30. The van der Waals surface area contributed by atoms with Crippen LogP contribution in [0.1, 0.15) is 12.2 Å². The molecule has 1 aliphatic rings. The summed E-state index contributed by atoms with van der Waals surface area (Å²) in [6, 6.07) is 0.270. The maximum atomic E-state index is 11.4. The van der Waals surface area contributed by atoms with E-state index >= 15 is 0 Å². The second-order valence-corrected chi connectivity index (χ2v) is 4.60. The predicted octanol–water partition coefficient (Wildman–Crippen LogP) is 0.677. The van der Waals surface area contributed by atoms with Crippen LogP contribution < -0.4 is 5.32 Å². The predicted molar refractivity (Wildman–Crippen MR) is 60.9 cm³/mol. The Labute approximate surface area is 93.5 Å². The van der Waals surface area contributed by atoms with Crippen molar-refractivity contribution >= 4 is 17.7 Å². The normalized spacial score (nSPS) is 19.7. The number of nitrogens with zero attached hydrogens (tertiary/aromatic N) is 2. The number of aryl methyl sites for hydroxylation is 1. The van der Waals surface area contributed by atoms with Gasteiger partial charge in [0.25, 0.3) is 0 Å². The molecule has 15 heavy (non-hydrogen) atoms. The molecule has 0 fully saturated rings. The monoisotopic (exact) mass is 225 g/mol. The van der Waals surface area contributed by atoms with Crippen molar-refractivity contribution in [3.8, 4) is 0 Å². The number of fused-ring (bicyclic) bond motifs is 1. The molecule has 0 radical (unpaired) electrons. The third kappa shape index (κ3) is 2.53. The van der Waals surface area contributed by atoms with Gasteiger partial charge in [-0.25, -0.2) is 4.98 Å². The van der Waals surface area contributed by atoms with Gasteiger partial charge in [0.1, 0.15) is 5.82 Å². The number of carbonyl (C=O) groups excluding carboxylic acids is 1. The highest BCUT2D eigenvalue weighted by atomic mass is 32.2. The van der Waals surface area contributed by atoms with Gasteiger partial charge in [0.05, 0.1) is 5.75 Å². The van der Waals surface area contributed by atoms with Crippen molar-refractivity contribution in [3.63, 3.8) is 0 Å². The molecule has 1 aliphatic heterocycles. The van der Waals surface area contributed by atoms with Crippen molar-refractivity contribution in [3.05, 3.63) is 18.2 Å². The summed E-state index contributed by atoms with van der Waals surface area (Å²) in [5.41, 5.74) is 0. The lowest BCUT2D eigenvalue weighted by atomic mass is 10.1. The van der Waals surface area contributed by atoms with Gasteiger partial charge in [-0.05, 0) is 12.7 Å². The number of hydrogen-bond donors (Lipinski definition) is 1. The lowest BCUT2D eigenvalue weighted by Crippen LogP contribution is -2.41. The Balaban J connectivity index is 1.90. The molecule has 1 atom stereocenters. The molecule has 1 N–H and O–H groups in total. The van der Waals surface area contributed by atoms with Gasteiger partial charge in [-0.15, -0.1) is 0 Å². The highest BCUT2D eigenvalue weighted by molar-refractivity contribution is 7.99. The average molecular weight is 225 g/mol. The molecular formula is C10H15N3OS. The standard InChI is InChI=1S/C10H15N3OS/c1-15-7-10(14)12-8-2-3-9-11-4-5-13(9)6-8/h4-5,8H,2-3,6-7H2,1H3,(H,12,14)/t8-/m1/s1. The van der Waals surface area contributed by atoms with Crippen molar-refractivity contribution < 1.29 is 4.79 Å². The van der Waals surface area contributed by atoms with E-state index in [-0.39, 0.29) is 11.9 Å². The molecule has 0 spiro atoms.